The zero-order chi connectivity index (χ0) is 82.4. The van der Waals surface area contributed by atoms with E-state index in [-0.39, 0.29) is 36.9 Å². The first-order valence-corrected chi connectivity index (χ1v) is 41.4. The van der Waals surface area contributed by atoms with E-state index >= 15 is 0 Å². The fourth-order valence-electron chi connectivity index (χ4n) is 22.5. The number of benzene rings is 6. The second-order valence-corrected chi connectivity index (χ2v) is 34.4. The molecule has 6 spiro atoms. The molecule has 12 aliphatic rings. The zero-order valence-electron chi connectivity index (χ0n) is 67.8. The minimum absolute atomic E-state index is 0.250. The van der Waals surface area contributed by atoms with E-state index in [2.05, 4.69) is 203 Å². The van der Waals surface area contributed by atoms with Crippen molar-refractivity contribution in [3.8, 4) is 0 Å². The standard InChI is InChI=1S/3C15H21N.2C14H18ClN.C14H19N.6CO2/c1-11-3-4-13-12(2)10-15(14(13)9-11)5-7-16-8-6-15;1-11-4-3-5-13-14(11)12(2)10-15(13)6-8-16-9-7-15;1-11-4-3-5-13-12(2)10-15(14(11)13)6-8-16-9-7-15;1-10-9-14(4-6-16-7-5-14)13-3-2-11(15)8-12(10)13;1-10-9-14(4-6-16-7-5-14)13-8-11(15)2-3-12(10)13;1-11-10-14(6-8-15-9-7-14)13-5-3-2-4-12(11)13;6*2-1-3/h3-4,9,12,16H,5-8,10H2,1-2H3;2*3-5,12,16H,6-10H2,1-2H3;2*2-3,8,10,16H,4-7,9H2,1H3;2-5,11,15H,6-10H2,1H3;;;;;;. The SMILES string of the molecule is CC1CC2(CCNCC2)c2cc(Cl)ccc21.CC1CC2(CCNCC2)c2ccc(Cl)cc21.CC1CC2(CCNCC2)c2ccccc21.Cc1ccc2c(c1)C1(CCNCC1)CC2C.Cc1cccc2c1C(C)CC21CCNCC1.Cc1cccc2c1C1(CCNCC1)CC2C.O=C=O.O=C=O.O=C=O.O=C=O.O=C=O.O=C=O. The van der Waals surface area contributed by atoms with E-state index < -0.39 is 0 Å². The lowest BCUT2D eigenvalue weighted by molar-refractivity contribution is -0.193. The van der Waals surface area contributed by atoms with Gasteiger partial charge in [-0.1, -0.05) is 161 Å². The van der Waals surface area contributed by atoms with Crippen LogP contribution in [0.25, 0.3) is 0 Å². The molecule has 6 aliphatic carbocycles. The molecule has 6 aliphatic heterocycles. The van der Waals surface area contributed by atoms with Gasteiger partial charge in [0.1, 0.15) is 0 Å². The first kappa shape index (κ1) is 92.1. The Kier molecular flexibility index (Phi) is 36.0. The quantitative estimate of drug-likeness (QED) is 0.0824. The fourth-order valence-corrected chi connectivity index (χ4v) is 22.9. The Bertz CT molecular complexity index is 4080. The van der Waals surface area contributed by atoms with E-state index in [1.165, 1.54) is 201 Å². The Labute approximate surface area is 678 Å². The van der Waals surface area contributed by atoms with Crippen LogP contribution in [-0.2, 0) is 90.0 Å². The normalized spacial score (nSPS) is 23.2. The summed E-state index contributed by atoms with van der Waals surface area (Å²) in [4.78, 5) is 97.5. The van der Waals surface area contributed by atoms with Gasteiger partial charge >= 0.3 is 36.9 Å². The molecule has 6 N–H and O–H groups in total. The zero-order valence-corrected chi connectivity index (χ0v) is 69.3. The Hall–Kier alpha value is -8.06. The van der Waals surface area contributed by atoms with Crippen LogP contribution in [0.4, 0.5) is 0 Å². The molecule has 0 saturated carbocycles. The minimum Gasteiger partial charge on any atom is -0.317 e. The first-order valence-electron chi connectivity index (χ1n) is 40.6. The van der Waals surface area contributed by atoms with Crippen LogP contribution in [0.2, 0.25) is 10.0 Å². The van der Waals surface area contributed by atoms with Gasteiger partial charge in [-0.2, -0.15) is 57.5 Å². The molecule has 6 aromatic carbocycles. The molecule has 0 aromatic heterocycles. The largest absolute Gasteiger partial charge is 0.373 e. The Morgan fingerprint density at radius 1 is 0.274 bits per heavy atom. The maximum absolute atomic E-state index is 8.12. The molecule has 0 bridgehead atoms. The number of hydrogen-bond acceptors (Lipinski definition) is 18. The predicted octanol–water partition coefficient (Wildman–Crippen LogP) is 15.6. The third kappa shape index (κ3) is 22.3. The molecule has 6 aromatic rings. The van der Waals surface area contributed by atoms with E-state index in [1.807, 2.05) is 6.07 Å². The van der Waals surface area contributed by atoms with Crippen molar-refractivity contribution in [1.29, 1.82) is 0 Å². The lowest BCUT2D eigenvalue weighted by atomic mass is 9.72. The van der Waals surface area contributed by atoms with E-state index in [0.29, 0.717) is 44.3 Å². The van der Waals surface area contributed by atoms with Gasteiger partial charge in [0.15, 0.2) is 0 Å². The van der Waals surface area contributed by atoms with Crippen LogP contribution >= 0.6 is 23.2 Å². The molecule has 6 heterocycles. The van der Waals surface area contributed by atoms with Gasteiger partial charge in [-0.15, -0.1) is 0 Å². The average Bonchev–Trinajstić information content (AvgIpc) is 1.67. The number of rotatable bonds is 0. The molecule has 6 unspecified atom stereocenters. The van der Waals surface area contributed by atoms with E-state index in [9.17, 15) is 0 Å². The van der Waals surface area contributed by atoms with Gasteiger partial charge < -0.3 is 31.9 Å². The highest BCUT2D eigenvalue weighted by Crippen LogP contribution is 2.57. The number of fused-ring (bicyclic) bond motifs is 12. The summed E-state index contributed by atoms with van der Waals surface area (Å²) in [6, 6.07) is 43.0. The monoisotopic (exact) mass is 1580 g/mol. The highest BCUT2D eigenvalue weighted by molar-refractivity contribution is 6.31. The summed E-state index contributed by atoms with van der Waals surface area (Å²) in [5.41, 5.74) is 26.7. The van der Waals surface area contributed by atoms with Crippen molar-refractivity contribution >= 4 is 60.1 Å². The Balaban J connectivity index is 0.000000180. The maximum atomic E-state index is 8.12. The maximum Gasteiger partial charge on any atom is 0.373 e. The number of aryl methyl sites for hydroxylation is 3. The smallest absolute Gasteiger partial charge is 0.317 e. The van der Waals surface area contributed by atoms with Crippen molar-refractivity contribution in [3.63, 3.8) is 0 Å². The third-order valence-corrected chi connectivity index (χ3v) is 27.4. The molecule has 6 atom stereocenters. The second-order valence-electron chi connectivity index (χ2n) is 33.5. The number of carbonyl (C=O) groups excluding carboxylic acids is 12. The van der Waals surface area contributed by atoms with Crippen LogP contribution in [0.15, 0.2) is 115 Å². The highest BCUT2D eigenvalue weighted by Gasteiger charge is 2.48. The number of piperidine rings is 6. The number of halogens is 2. The van der Waals surface area contributed by atoms with E-state index in [1.54, 1.807) is 50.1 Å². The summed E-state index contributed by atoms with van der Waals surface area (Å²) in [7, 11) is 0. The summed E-state index contributed by atoms with van der Waals surface area (Å²) in [5.74, 6) is 4.41. The molecule has 606 valence electrons. The fraction of sp³-hybridized carbons (Fsp3) is 0.548. The molecule has 6 fully saturated rings. The molecule has 0 amide bonds. The van der Waals surface area contributed by atoms with Gasteiger partial charge in [0.25, 0.3) is 0 Å². The summed E-state index contributed by atoms with van der Waals surface area (Å²) in [5, 5.41) is 22.7. The summed E-state index contributed by atoms with van der Waals surface area (Å²) >= 11 is 12.3. The topological polar surface area (TPSA) is 277 Å². The van der Waals surface area contributed by atoms with Crippen LogP contribution in [0, 0.1) is 20.8 Å². The molecule has 20 heteroatoms. The van der Waals surface area contributed by atoms with Gasteiger partial charge in [0.2, 0.25) is 0 Å². The Morgan fingerprint density at radius 2 is 0.558 bits per heavy atom. The van der Waals surface area contributed by atoms with Crippen molar-refractivity contribution in [2.75, 3.05) is 78.5 Å². The van der Waals surface area contributed by atoms with Crippen molar-refractivity contribution in [2.45, 2.75) is 246 Å². The second kappa shape index (κ2) is 44.2. The third-order valence-electron chi connectivity index (χ3n) is 26.9. The van der Waals surface area contributed by atoms with Crippen LogP contribution < -0.4 is 31.9 Å². The molecular weight excluding hydrogens is 1460 g/mol. The van der Waals surface area contributed by atoms with Crippen molar-refractivity contribution in [3.05, 3.63) is 209 Å². The molecular formula is C93H118Cl2N6O12. The van der Waals surface area contributed by atoms with Crippen LogP contribution in [0.5, 0.6) is 0 Å². The van der Waals surface area contributed by atoms with E-state index in [0.717, 1.165) is 59.9 Å². The predicted molar refractivity (Wildman–Crippen MR) is 434 cm³/mol. The number of hydrogen-bond donors (Lipinski definition) is 6. The molecule has 113 heavy (non-hydrogen) atoms. The van der Waals surface area contributed by atoms with Gasteiger partial charge in [-0.05, 0) is 385 Å². The minimum atomic E-state index is 0.250. The number of nitrogens with one attached hydrogen (secondary N) is 6. The van der Waals surface area contributed by atoms with E-state index in [4.69, 9.17) is 80.7 Å². The van der Waals surface area contributed by atoms with Crippen LogP contribution in [0.1, 0.15) is 276 Å². The summed E-state index contributed by atoms with van der Waals surface area (Å²) < 4.78 is 0. The summed E-state index contributed by atoms with van der Waals surface area (Å²) in [6.07, 6.45) is 25.3. The van der Waals surface area contributed by atoms with Gasteiger partial charge in [0.05, 0.1) is 0 Å². The van der Waals surface area contributed by atoms with Gasteiger partial charge in [0, 0.05) is 10.0 Å². The van der Waals surface area contributed by atoms with Gasteiger partial charge in [-0.3, -0.25) is 0 Å². The molecule has 18 rings (SSSR count). The molecule has 0 radical (unpaired) electrons. The van der Waals surface area contributed by atoms with Crippen molar-refractivity contribution in [1.82, 2.24) is 31.9 Å². The van der Waals surface area contributed by atoms with Gasteiger partial charge in [-0.25, -0.2) is 0 Å². The lowest BCUT2D eigenvalue weighted by Crippen LogP contribution is -2.38. The highest BCUT2D eigenvalue weighted by atomic mass is 35.5. The van der Waals surface area contributed by atoms with Crippen LogP contribution in [0.3, 0.4) is 0 Å². The van der Waals surface area contributed by atoms with Crippen molar-refractivity contribution in [2.24, 2.45) is 0 Å². The average molecular weight is 1580 g/mol. The molecule has 18 nitrogen and oxygen atoms in total. The first-order chi connectivity index (χ1) is 54.4. The van der Waals surface area contributed by atoms with Crippen molar-refractivity contribution < 1.29 is 57.5 Å². The van der Waals surface area contributed by atoms with Crippen LogP contribution in [-0.4, -0.2) is 115 Å². The summed E-state index contributed by atoms with van der Waals surface area (Å²) in [6.45, 7) is 35.2. The lowest BCUT2D eigenvalue weighted by Gasteiger charge is -2.36. The Morgan fingerprint density at radius 3 is 1.00 bits per heavy atom. The molecule has 6 saturated heterocycles.